The zero-order chi connectivity index (χ0) is 11.1. The Morgan fingerprint density at radius 1 is 1.47 bits per heavy atom. The first-order valence-corrected chi connectivity index (χ1v) is 5.15. The quantitative estimate of drug-likeness (QED) is 0.716. The summed E-state index contributed by atoms with van der Waals surface area (Å²) in [5.41, 5.74) is 1.68. The molecule has 0 aliphatic rings. The van der Waals surface area contributed by atoms with Crippen LogP contribution in [-0.4, -0.2) is 24.0 Å². The van der Waals surface area contributed by atoms with E-state index in [9.17, 15) is 4.79 Å². The van der Waals surface area contributed by atoms with E-state index in [1.54, 1.807) is 6.20 Å². The fraction of sp³-hybridized carbons (Fsp3) is 0.455. The average Bonchev–Trinajstić information content (AvgIpc) is 2.22. The summed E-state index contributed by atoms with van der Waals surface area (Å²) < 4.78 is 0. The zero-order valence-corrected chi connectivity index (χ0v) is 9.21. The number of aromatic nitrogens is 1. The summed E-state index contributed by atoms with van der Waals surface area (Å²) in [6.45, 7) is 5.19. The van der Waals surface area contributed by atoms with Crippen molar-refractivity contribution in [2.45, 2.75) is 20.3 Å². The summed E-state index contributed by atoms with van der Waals surface area (Å²) in [4.78, 5) is 15.5. The highest BCUT2D eigenvalue weighted by Gasteiger charge is 2.00. The van der Waals surface area contributed by atoms with Gasteiger partial charge in [0.2, 0.25) is 5.91 Å². The SMILES string of the molecule is CCCNCC(=O)Nc1ccc(C)nc1. The fourth-order valence-corrected chi connectivity index (χ4v) is 1.13. The van der Waals surface area contributed by atoms with E-state index >= 15 is 0 Å². The Morgan fingerprint density at radius 2 is 2.27 bits per heavy atom. The molecule has 0 radical (unpaired) electrons. The molecule has 2 N–H and O–H groups in total. The highest BCUT2D eigenvalue weighted by atomic mass is 16.1. The predicted octanol–water partition coefficient (Wildman–Crippen LogP) is 1.33. The highest BCUT2D eigenvalue weighted by Crippen LogP contribution is 2.04. The van der Waals surface area contributed by atoms with Crippen LogP contribution in [0.5, 0.6) is 0 Å². The molecule has 0 saturated carbocycles. The molecule has 0 bridgehead atoms. The Bertz CT molecular complexity index is 308. The summed E-state index contributed by atoms with van der Waals surface area (Å²) in [7, 11) is 0. The van der Waals surface area contributed by atoms with Crippen LogP contribution in [0, 0.1) is 6.92 Å². The van der Waals surface area contributed by atoms with Crippen LogP contribution in [0.3, 0.4) is 0 Å². The second-order valence-corrected chi connectivity index (χ2v) is 3.41. The standard InChI is InChI=1S/C11H17N3O/c1-3-6-12-8-11(15)14-10-5-4-9(2)13-7-10/h4-5,7,12H,3,6,8H2,1-2H3,(H,14,15). The van der Waals surface area contributed by atoms with E-state index in [4.69, 9.17) is 0 Å². The van der Waals surface area contributed by atoms with Gasteiger partial charge in [0.1, 0.15) is 0 Å². The normalized spacial score (nSPS) is 10.0. The summed E-state index contributed by atoms with van der Waals surface area (Å²) in [5.74, 6) is -0.0332. The van der Waals surface area contributed by atoms with Crippen molar-refractivity contribution in [3.8, 4) is 0 Å². The third-order valence-electron chi connectivity index (χ3n) is 1.91. The van der Waals surface area contributed by atoms with Gasteiger partial charge >= 0.3 is 0 Å². The van der Waals surface area contributed by atoms with Crippen molar-refractivity contribution in [3.05, 3.63) is 24.0 Å². The number of hydrogen-bond acceptors (Lipinski definition) is 3. The molecule has 1 aromatic heterocycles. The third-order valence-corrected chi connectivity index (χ3v) is 1.91. The highest BCUT2D eigenvalue weighted by molar-refractivity contribution is 5.92. The molecule has 1 amide bonds. The number of pyridine rings is 1. The number of carbonyl (C=O) groups is 1. The van der Waals surface area contributed by atoms with E-state index in [1.807, 2.05) is 19.1 Å². The van der Waals surface area contributed by atoms with E-state index in [1.165, 1.54) is 0 Å². The van der Waals surface area contributed by atoms with Crippen LogP contribution >= 0.6 is 0 Å². The van der Waals surface area contributed by atoms with Gasteiger partial charge in [-0.25, -0.2) is 0 Å². The summed E-state index contributed by atoms with van der Waals surface area (Å²) in [5, 5.41) is 5.80. The summed E-state index contributed by atoms with van der Waals surface area (Å²) >= 11 is 0. The van der Waals surface area contributed by atoms with Crippen molar-refractivity contribution in [2.75, 3.05) is 18.4 Å². The molecule has 0 fully saturated rings. The smallest absolute Gasteiger partial charge is 0.238 e. The Kier molecular flexibility index (Phi) is 4.77. The van der Waals surface area contributed by atoms with Crippen LogP contribution in [0.2, 0.25) is 0 Å². The van der Waals surface area contributed by atoms with E-state index in [0.29, 0.717) is 6.54 Å². The molecule has 0 spiro atoms. The summed E-state index contributed by atoms with van der Waals surface area (Å²) in [6, 6.07) is 3.72. The third kappa shape index (κ3) is 4.56. The Morgan fingerprint density at radius 3 is 2.87 bits per heavy atom. The van der Waals surface area contributed by atoms with Gasteiger partial charge in [-0.15, -0.1) is 0 Å². The van der Waals surface area contributed by atoms with Gasteiger partial charge in [-0.3, -0.25) is 9.78 Å². The van der Waals surface area contributed by atoms with Gasteiger partial charge in [0.25, 0.3) is 0 Å². The van der Waals surface area contributed by atoms with Crippen LogP contribution in [0.25, 0.3) is 0 Å². The molecule has 0 aliphatic carbocycles. The lowest BCUT2D eigenvalue weighted by atomic mass is 10.3. The van der Waals surface area contributed by atoms with Crippen molar-refractivity contribution in [3.63, 3.8) is 0 Å². The van der Waals surface area contributed by atoms with Crippen molar-refractivity contribution in [1.29, 1.82) is 0 Å². The Hall–Kier alpha value is -1.42. The van der Waals surface area contributed by atoms with Crippen molar-refractivity contribution < 1.29 is 4.79 Å². The molecule has 82 valence electrons. The number of carbonyl (C=O) groups excluding carboxylic acids is 1. The molecular formula is C11H17N3O. The number of aryl methyl sites for hydroxylation is 1. The minimum atomic E-state index is -0.0332. The van der Waals surface area contributed by atoms with Crippen LogP contribution in [0.15, 0.2) is 18.3 Å². The minimum absolute atomic E-state index is 0.0332. The maximum atomic E-state index is 11.4. The number of nitrogens with one attached hydrogen (secondary N) is 2. The lowest BCUT2D eigenvalue weighted by Gasteiger charge is -2.05. The lowest BCUT2D eigenvalue weighted by Crippen LogP contribution is -2.28. The fourth-order valence-electron chi connectivity index (χ4n) is 1.13. The number of nitrogens with zero attached hydrogens (tertiary/aromatic N) is 1. The Labute approximate surface area is 90.1 Å². The second kappa shape index (κ2) is 6.14. The molecule has 4 heteroatoms. The maximum absolute atomic E-state index is 11.4. The van der Waals surface area contributed by atoms with Gasteiger partial charge < -0.3 is 10.6 Å². The van der Waals surface area contributed by atoms with Crippen molar-refractivity contribution in [2.24, 2.45) is 0 Å². The molecule has 1 rings (SSSR count). The van der Waals surface area contributed by atoms with Crippen LogP contribution < -0.4 is 10.6 Å². The minimum Gasteiger partial charge on any atom is -0.324 e. The van der Waals surface area contributed by atoms with E-state index in [2.05, 4.69) is 22.5 Å². The Balaban J connectivity index is 2.34. The molecule has 1 aromatic rings. The van der Waals surface area contributed by atoms with E-state index in [0.717, 1.165) is 24.3 Å². The largest absolute Gasteiger partial charge is 0.324 e. The first-order chi connectivity index (χ1) is 7.22. The average molecular weight is 207 g/mol. The molecule has 0 aliphatic heterocycles. The first kappa shape index (κ1) is 11.7. The second-order valence-electron chi connectivity index (χ2n) is 3.41. The van der Waals surface area contributed by atoms with Gasteiger partial charge in [0, 0.05) is 5.69 Å². The molecule has 0 unspecified atom stereocenters. The summed E-state index contributed by atoms with van der Waals surface area (Å²) in [6.07, 6.45) is 2.69. The lowest BCUT2D eigenvalue weighted by molar-refractivity contribution is -0.115. The number of rotatable bonds is 5. The maximum Gasteiger partial charge on any atom is 0.238 e. The molecule has 1 heterocycles. The molecule has 15 heavy (non-hydrogen) atoms. The molecule has 0 saturated heterocycles. The topological polar surface area (TPSA) is 54.0 Å². The molecule has 0 aromatic carbocycles. The monoisotopic (exact) mass is 207 g/mol. The van der Waals surface area contributed by atoms with E-state index < -0.39 is 0 Å². The first-order valence-electron chi connectivity index (χ1n) is 5.15. The van der Waals surface area contributed by atoms with Crippen molar-refractivity contribution in [1.82, 2.24) is 10.3 Å². The predicted molar refractivity (Wildman–Crippen MR) is 60.8 cm³/mol. The van der Waals surface area contributed by atoms with E-state index in [-0.39, 0.29) is 5.91 Å². The number of amides is 1. The van der Waals surface area contributed by atoms with Crippen molar-refractivity contribution >= 4 is 11.6 Å². The van der Waals surface area contributed by atoms with Crippen LogP contribution in [0.1, 0.15) is 19.0 Å². The van der Waals surface area contributed by atoms with Gasteiger partial charge in [-0.2, -0.15) is 0 Å². The van der Waals surface area contributed by atoms with Gasteiger partial charge in [-0.05, 0) is 32.0 Å². The van der Waals surface area contributed by atoms with Gasteiger partial charge in [0.05, 0.1) is 18.4 Å². The van der Waals surface area contributed by atoms with Crippen LogP contribution in [0.4, 0.5) is 5.69 Å². The van der Waals surface area contributed by atoms with Gasteiger partial charge in [0.15, 0.2) is 0 Å². The molecule has 0 atom stereocenters. The van der Waals surface area contributed by atoms with Crippen LogP contribution in [-0.2, 0) is 4.79 Å². The molecular weight excluding hydrogens is 190 g/mol. The van der Waals surface area contributed by atoms with Gasteiger partial charge in [-0.1, -0.05) is 6.92 Å². The number of hydrogen-bond donors (Lipinski definition) is 2. The zero-order valence-electron chi connectivity index (χ0n) is 9.21. The molecule has 4 nitrogen and oxygen atoms in total. The number of anilines is 1.